The maximum Gasteiger partial charge on any atom is -0.00773 e. The van der Waals surface area contributed by atoms with Crippen molar-refractivity contribution in [2.75, 3.05) is 6.54 Å². The first kappa shape index (κ1) is 17.0. The molecule has 1 nitrogen and oxygen atoms in total. The molecule has 0 aliphatic heterocycles. The predicted molar refractivity (Wildman–Crippen MR) is 86.3 cm³/mol. The Morgan fingerprint density at radius 1 is 1.05 bits per heavy atom. The van der Waals surface area contributed by atoms with Crippen molar-refractivity contribution in [1.82, 2.24) is 0 Å². The van der Waals surface area contributed by atoms with Crippen molar-refractivity contribution in [1.29, 1.82) is 0 Å². The van der Waals surface area contributed by atoms with Crippen LogP contribution in [0.25, 0.3) is 0 Å². The first-order chi connectivity index (χ1) is 9.09. The standard InChI is InChI=1S/C18H37N/c1-4-5-9-17(10-11-18(3)12-13-18)15-16(2)8-6-7-14-19/h16-17H,4-15,19H2,1-3H3. The zero-order valence-electron chi connectivity index (χ0n) is 13.7. The average molecular weight is 268 g/mol. The van der Waals surface area contributed by atoms with Gasteiger partial charge in [-0.15, -0.1) is 0 Å². The van der Waals surface area contributed by atoms with Crippen LogP contribution in [0.3, 0.4) is 0 Å². The zero-order valence-corrected chi connectivity index (χ0v) is 13.7. The third kappa shape index (κ3) is 7.97. The molecule has 0 aromatic rings. The summed E-state index contributed by atoms with van der Waals surface area (Å²) < 4.78 is 0. The third-order valence-electron chi connectivity index (χ3n) is 5.11. The minimum Gasteiger partial charge on any atom is -0.330 e. The summed E-state index contributed by atoms with van der Waals surface area (Å²) in [5.41, 5.74) is 6.33. The molecule has 1 heteroatoms. The highest BCUT2D eigenvalue weighted by atomic mass is 14.5. The van der Waals surface area contributed by atoms with E-state index in [1.165, 1.54) is 70.6 Å². The molecule has 0 radical (unpaired) electrons. The number of unbranched alkanes of at least 4 members (excludes halogenated alkanes) is 2. The summed E-state index contributed by atoms with van der Waals surface area (Å²) in [6.45, 7) is 8.12. The minimum atomic E-state index is 0.743. The number of hydrogen-bond acceptors (Lipinski definition) is 1. The van der Waals surface area contributed by atoms with Crippen LogP contribution in [-0.2, 0) is 0 Å². The van der Waals surface area contributed by atoms with Gasteiger partial charge in [0.15, 0.2) is 0 Å². The Balaban J connectivity index is 2.22. The molecule has 0 saturated heterocycles. The van der Waals surface area contributed by atoms with Gasteiger partial charge in [0, 0.05) is 0 Å². The molecule has 0 aromatic carbocycles. The van der Waals surface area contributed by atoms with Gasteiger partial charge in [-0.1, -0.05) is 52.9 Å². The number of rotatable bonds is 12. The van der Waals surface area contributed by atoms with Gasteiger partial charge in [-0.25, -0.2) is 0 Å². The molecule has 114 valence electrons. The summed E-state index contributed by atoms with van der Waals surface area (Å²) >= 11 is 0. The zero-order chi connectivity index (χ0) is 14.1. The smallest absolute Gasteiger partial charge is 0.00773 e. The third-order valence-corrected chi connectivity index (χ3v) is 5.11. The molecule has 1 rings (SSSR count). The van der Waals surface area contributed by atoms with Gasteiger partial charge in [0.25, 0.3) is 0 Å². The SMILES string of the molecule is CCCCC(CCC1(C)CC1)CC(C)CCCCN. The van der Waals surface area contributed by atoms with Gasteiger partial charge in [-0.3, -0.25) is 0 Å². The quantitative estimate of drug-likeness (QED) is 0.462. The second-order valence-corrected chi connectivity index (χ2v) is 7.48. The second-order valence-electron chi connectivity index (χ2n) is 7.48. The Morgan fingerprint density at radius 2 is 1.79 bits per heavy atom. The van der Waals surface area contributed by atoms with Crippen molar-refractivity contribution in [3.05, 3.63) is 0 Å². The van der Waals surface area contributed by atoms with Gasteiger partial charge in [0.2, 0.25) is 0 Å². The fourth-order valence-electron chi connectivity index (χ4n) is 3.21. The van der Waals surface area contributed by atoms with Crippen molar-refractivity contribution in [3.63, 3.8) is 0 Å². The molecule has 2 atom stereocenters. The summed E-state index contributed by atoms with van der Waals surface area (Å²) in [6, 6.07) is 0. The van der Waals surface area contributed by atoms with Gasteiger partial charge < -0.3 is 5.73 Å². The Hall–Kier alpha value is -0.0400. The molecule has 0 spiro atoms. The minimum absolute atomic E-state index is 0.743. The molecule has 0 aromatic heterocycles. The Kier molecular flexibility index (Phi) is 8.06. The fraction of sp³-hybridized carbons (Fsp3) is 1.00. The molecule has 2 unspecified atom stereocenters. The number of hydrogen-bond donors (Lipinski definition) is 1. The van der Waals surface area contributed by atoms with E-state index < -0.39 is 0 Å². The van der Waals surface area contributed by atoms with Crippen LogP contribution < -0.4 is 5.73 Å². The van der Waals surface area contributed by atoms with Gasteiger partial charge >= 0.3 is 0 Å². The highest BCUT2D eigenvalue weighted by Crippen LogP contribution is 2.50. The van der Waals surface area contributed by atoms with Crippen LogP contribution in [0.4, 0.5) is 0 Å². The first-order valence-electron chi connectivity index (χ1n) is 8.79. The van der Waals surface area contributed by atoms with Gasteiger partial charge in [0.05, 0.1) is 0 Å². The Morgan fingerprint density at radius 3 is 2.37 bits per heavy atom. The maximum atomic E-state index is 5.58. The topological polar surface area (TPSA) is 26.0 Å². The molecule has 0 amide bonds. The van der Waals surface area contributed by atoms with Gasteiger partial charge in [0.1, 0.15) is 0 Å². The molecule has 1 fully saturated rings. The second kappa shape index (κ2) is 9.00. The molecule has 1 saturated carbocycles. The lowest BCUT2D eigenvalue weighted by Crippen LogP contribution is -2.10. The molecule has 0 heterocycles. The van der Waals surface area contributed by atoms with Gasteiger partial charge in [-0.2, -0.15) is 0 Å². The van der Waals surface area contributed by atoms with E-state index in [9.17, 15) is 0 Å². The van der Waals surface area contributed by atoms with Crippen molar-refractivity contribution < 1.29 is 0 Å². The van der Waals surface area contributed by atoms with Crippen LogP contribution in [-0.4, -0.2) is 6.54 Å². The molecule has 2 N–H and O–H groups in total. The summed E-state index contributed by atoms with van der Waals surface area (Å²) in [6.07, 6.45) is 15.6. The van der Waals surface area contributed by atoms with Crippen LogP contribution in [0.2, 0.25) is 0 Å². The van der Waals surface area contributed by atoms with Crippen LogP contribution in [0, 0.1) is 17.3 Å². The van der Waals surface area contributed by atoms with Crippen molar-refractivity contribution in [2.24, 2.45) is 23.0 Å². The summed E-state index contributed by atoms with van der Waals surface area (Å²) in [4.78, 5) is 0. The van der Waals surface area contributed by atoms with E-state index in [-0.39, 0.29) is 0 Å². The number of nitrogens with two attached hydrogens (primary N) is 1. The van der Waals surface area contributed by atoms with Gasteiger partial charge in [-0.05, 0) is 62.3 Å². The van der Waals surface area contributed by atoms with Crippen molar-refractivity contribution in [3.8, 4) is 0 Å². The highest BCUT2D eigenvalue weighted by Gasteiger charge is 2.36. The molecule has 1 aliphatic rings. The van der Waals surface area contributed by atoms with E-state index in [0.29, 0.717) is 0 Å². The van der Waals surface area contributed by atoms with Crippen molar-refractivity contribution >= 4 is 0 Å². The first-order valence-corrected chi connectivity index (χ1v) is 8.79. The van der Waals surface area contributed by atoms with Crippen LogP contribution in [0.1, 0.15) is 91.4 Å². The van der Waals surface area contributed by atoms with Crippen LogP contribution in [0.15, 0.2) is 0 Å². The molecule has 0 bridgehead atoms. The largest absolute Gasteiger partial charge is 0.330 e. The summed E-state index contributed by atoms with van der Waals surface area (Å²) in [5, 5.41) is 0. The highest BCUT2D eigenvalue weighted by molar-refractivity contribution is 4.88. The lowest BCUT2D eigenvalue weighted by molar-refractivity contribution is 0.299. The maximum absolute atomic E-state index is 5.58. The van der Waals surface area contributed by atoms with Crippen LogP contribution >= 0.6 is 0 Å². The monoisotopic (exact) mass is 267 g/mol. The summed E-state index contributed by atoms with van der Waals surface area (Å²) in [7, 11) is 0. The van der Waals surface area contributed by atoms with E-state index >= 15 is 0 Å². The Bertz CT molecular complexity index is 220. The molecular weight excluding hydrogens is 230 g/mol. The molecular formula is C18H37N. The predicted octanol–water partition coefficient (Wildman–Crippen LogP) is 5.53. The lowest BCUT2D eigenvalue weighted by Gasteiger charge is -2.22. The lowest BCUT2D eigenvalue weighted by atomic mass is 9.84. The normalized spacial score (nSPS) is 20.2. The van der Waals surface area contributed by atoms with Crippen LogP contribution in [0.5, 0.6) is 0 Å². The summed E-state index contributed by atoms with van der Waals surface area (Å²) in [5.74, 6) is 1.89. The average Bonchev–Trinajstić information content (AvgIpc) is 3.11. The van der Waals surface area contributed by atoms with E-state index in [1.807, 2.05) is 0 Å². The van der Waals surface area contributed by atoms with E-state index in [2.05, 4.69) is 20.8 Å². The van der Waals surface area contributed by atoms with E-state index in [4.69, 9.17) is 5.73 Å². The van der Waals surface area contributed by atoms with E-state index in [1.54, 1.807) is 0 Å². The fourth-order valence-corrected chi connectivity index (χ4v) is 3.21. The molecule has 19 heavy (non-hydrogen) atoms. The molecule has 1 aliphatic carbocycles. The Labute approximate surface area is 121 Å². The van der Waals surface area contributed by atoms with E-state index in [0.717, 1.165) is 23.8 Å². The van der Waals surface area contributed by atoms with Crippen molar-refractivity contribution in [2.45, 2.75) is 91.4 Å².